The van der Waals surface area contributed by atoms with Gasteiger partial charge in [-0.2, -0.15) is 0 Å². The fraction of sp³-hybridized carbons (Fsp3) is 0.455. The molecular formula is C11H13FO. The van der Waals surface area contributed by atoms with Crippen molar-refractivity contribution in [2.45, 2.75) is 25.4 Å². The van der Waals surface area contributed by atoms with Crippen LogP contribution in [0.15, 0.2) is 18.2 Å². The molecule has 0 bridgehead atoms. The average molecular weight is 180 g/mol. The molecule has 1 aromatic carbocycles. The standard InChI is InChI=1S/C11H13FO/c1-13-11-5-3-8-2-4-10(12)6-9(8)7-11/h3,5,7,10H,2,4,6H2,1H3. The number of hydrogen-bond acceptors (Lipinski definition) is 1. The van der Waals surface area contributed by atoms with Crippen molar-refractivity contribution in [2.75, 3.05) is 7.11 Å². The minimum Gasteiger partial charge on any atom is -0.497 e. The Morgan fingerprint density at radius 2 is 2.23 bits per heavy atom. The highest BCUT2D eigenvalue weighted by Crippen LogP contribution is 2.26. The lowest BCUT2D eigenvalue weighted by molar-refractivity contribution is 0.301. The van der Waals surface area contributed by atoms with E-state index in [4.69, 9.17) is 4.74 Å². The first-order chi connectivity index (χ1) is 6.29. The summed E-state index contributed by atoms with van der Waals surface area (Å²) in [4.78, 5) is 0. The third kappa shape index (κ3) is 1.67. The maximum Gasteiger partial charge on any atom is 0.119 e. The number of hydrogen-bond donors (Lipinski definition) is 0. The minimum atomic E-state index is -0.667. The van der Waals surface area contributed by atoms with Crippen LogP contribution in [-0.4, -0.2) is 13.3 Å². The van der Waals surface area contributed by atoms with Gasteiger partial charge in [0.25, 0.3) is 0 Å². The second kappa shape index (κ2) is 3.36. The molecule has 0 aromatic heterocycles. The third-order valence-corrected chi connectivity index (χ3v) is 2.58. The highest BCUT2D eigenvalue weighted by Gasteiger charge is 2.17. The van der Waals surface area contributed by atoms with Crippen LogP contribution in [0.1, 0.15) is 17.5 Å². The smallest absolute Gasteiger partial charge is 0.119 e. The van der Waals surface area contributed by atoms with Gasteiger partial charge in [0.2, 0.25) is 0 Å². The van der Waals surface area contributed by atoms with Gasteiger partial charge in [-0.05, 0) is 36.1 Å². The summed E-state index contributed by atoms with van der Waals surface area (Å²) < 4.78 is 18.2. The van der Waals surface area contributed by atoms with Gasteiger partial charge in [0.1, 0.15) is 11.9 Å². The normalized spacial score (nSPS) is 20.9. The van der Waals surface area contributed by atoms with Crippen LogP contribution in [0.2, 0.25) is 0 Å². The van der Waals surface area contributed by atoms with Crippen LogP contribution in [0.25, 0.3) is 0 Å². The molecule has 70 valence electrons. The topological polar surface area (TPSA) is 9.23 Å². The number of aryl methyl sites for hydroxylation is 1. The summed E-state index contributed by atoms with van der Waals surface area (Å²) in [5, 5.41) is 0. The molecule has 0 spiro atoms. The third-order valence-electron chi connectivity index (χ3n) is 2.58. The van der Waals surface area contributed by atoms with E-state index in [2.05, 4.69) is 0 Å². The Morgan fingerprint density at radius 3 is 3.00 bits per heavy atom. The van der Waals surface area contributed by atoms with Crippen LogP contribution in [-0.2, 0) is 12.8 Å². The summed E-state index contributed by atoms with van der Waals surface area (Å²) in [5.41, 5.74) is 2.38. The average Bonchev–Trinajstić information content (AvgIpc) is 2.16. The Morgan fingerprint density at radius 1 is 1.38 bits per heavy atom. The van der Waals surface area contributed by atoms with Crippen molar-refractivity contribution < 1.29 is 9.13 Å². The summed E-state index contributed by atoms with van der Waals surface area (Å²) >= 11 is 0. The van der Waals surface area contributed by atoms with Crippen molar-refractivity contribution in [3.05, 3.63) is 29.3 Å². The molecule has 0 saturated heterocycles. The van der Waals surface area contributed by atoms with E-state index in [0.717, 1.165) is 17.7 Å². The molecule has 0 saturated carbocycles. The SMILES string of the molecule is COc1ccc2c(c1)CC(F)CC2. The summed E-state index contributed by atoms with van der Waals surface area (Å²) in [6, 6.07) is 5.93. The Balaban J connectivity index is 2.32. The lowest BCUT2D eigenvalue weighted by Crippen LogP contribution is -2.14. The molecule has 0 N–H and O–H groups in total. The largest absolute Gasteiger partial charge is 0.497 e. The fourth-order valence-electron chi connectivity index (χ4n) is 1.82. The summed E-state index contributed by atoms with van der Waals surface area (Å²) in [6.45, 7) is 0. The van der Waals surface area contributed by atoms with Crippen molar-refractivity contribution in [3.8, 4) is 5.75 Å². The number of rotatable bonds is 1. The lowest BCUT2D eigenvalue weighted by Gasteiger charge is -2.19. The second-order valence-corrected chi connectivity index (χ2v) is 3.47. The number of methoxy groups -OCH3 is 1. The molecule has 2 rings (SSSR count). The second-order valence-electron chi connectivity index (χ2n) is 3.47. The number of halogens is 1. The van der Waals surface area contributed by atoms with E-state index in [9.17, 15) is 4.39 Å². The van der Waals surface area contributed by atoms with Gasteiger partial charge >= 0.3 is 0 Å². The molecule has 1 atom stereocenters. The quantitative estimate of drug-likeness (QED) is 0.645. The number of fused-ring (bicyclic) bond motifs is 1. The molecule has 1 nitrogen and oxygen atoms in total. The number of alkyl halides is 1. The van der Waals surface area contributed by atoms with Crippen LogP contribution in [0.5, 0.6) is 5.75 Å². The van der Waals surface area contributed by atoms with Crippen LogP contribution >= 0.6 is 0 Å². The molecular weight excluding hydrogens is 167 g/mol. The van der Waals surface area contributed by atoms with Gasteiger partial charge in [0.15, 0.2) is 0 Å². The zero-order valence-corrected chi connectivity index (χ0v) is 7.72. The number of benzene rings is 1. The Kier molecular flexibility index (Phi) is 2.21. The van der Waals surface area contributed by atoms with E-state index < -0.39 is 6.17 Å². The maximum atomic E-state index is 13.1. The summed E-state index contributed by atoms with van der Waals surface area (Å²) in [7, 11) is 1.64. The minimum absolute atomic E-state index is 0.548. The van der Waals surface area contributed by atoms with Crippen LogP contribution in [0.4, 0.5) is 4.39 Å². The zero-order chi connectivity index (χ0) is 9.26. The first kappa shape index (κ1) is 8.54. The molecule has 1 unspecified atom stereocenters. The maximum absolute atomic E-state index is 13.1. The molecule has 0 aliphatic heterocycles. The fourth-order valence-corrected chi connectivity index (χ4v) is 1.82. The molecule has 1 aromatic rings. The Bertz CT molecular complexity index is 309. The van der Waals surface area contributed by atoms with E-state index in [-0.39, 0.29) is 0 Å². The Labute approximate surface area is 77.5 Å². The van der Waals surface area contributed by atoms with Crippen LogP contribution in [0.3, 0.4) is 0 Å². The molecule has 0 amide bonds. The highest BCUT2D eigenvalue weighted by atomic mass is 19.1. The van der Waals surface area contributed by atoms with E-state index in [0.29, 0.717) is 12.8 Å². The van der Waals surface area contributed by atoms with Crippen LogP contribution < -0.4 is 4.74 Å². The van der Waals surface area contributed by atoms with Crippen molar-refractivity contribution in [1.82, 2.24) is 0 Å². The van der Waals surface area contributed by atoms with Crippen LogP contribution in [0, 0.1) is 0 Å². The van der Waals surface area contributed by atoms with Gasteiger partial charge in [0, 0.05) is 6.42 Å². The summed E-state index contributed by atoms with van der Waals surface area (Å²) in [5.74, 6) is 0.827. The monoisotopic (exact) mass is 180 g/mol. The molecule has 0 heterocycles. The van der Waals surface area contributed by atoms with Gasteiger partial charge < -0.3 is 4.74 Å². The Hall–Kier alpha value is -1.05. The molecule has 2 heteroatoms. The van der Waals surface area contributed by atoms with Gasteiger partial charge in [-0.3, -0.25) is 0 Å². The summed E-state index contributed by atoms with van der Waals surface area (Å²) in [6.07, 6.45) is 1.41. The van der Waals surface area contributed by atoms with Gasteiger partial charge in [0.05, 0.1) is 7.11 Å². The lowest BCUT2D eigenvalue weighted by atomic mass is 9.90. The van der Waals surface area contributed by atoms with E-state index >= 15 is 0 Å². The molecule has 1 aliphatic carbocycles. The zero-order valence-electron chi connectivity index (χ0n) is 7.72. The molecule has 1 aliphatic rings. The van der Waals surface area contributed by atoms with Crippen molar-refractivity contribution in [2.24, 2.45) is 0 Å². The number of ether oxygens (including phenoxy) is 1. The van der Waals surface area contributed by atoms with Gasteiger partial charge in [-0.15, -0.1) is 0 Å². The van der Waals surface area contributed by atoms with Crippen molar-refractivity contribution in [3.63, 3.8) is 0 Å². The predicted molar refractivity (Wildman–Crippen MR) is 49.9 cm³/mol. The van der Waals surface area contributed by atoms with E-state index in [1.54, 1.807) is 7.11 Å². The molecule has 13 heavy (non-hydrogen) atoms. The highest BCUT2D eigenvalue weighted by molar-refractivity contribution is 5.37. The van der Waals surface area contributed by atoms with Gasteiger partial charge in [-0.1, -0.05) is 6.07 Å². The molecule has 0 fully saturated rings. The van der Waals surface area contributed by atoms with Gasteiger partial charge in [-0.25, -0.2) is 4.39 Å². The predicted octanol–water partition coefficient (Wildman–Crippen LogP) is 2.52. The van der Waals surface area contributed by atoms with Crippen molar-refractivity contribution >= 4 is 0 Å². The first-order valence-corrected chi connectivity index (χ1v) is 4.59. The van der Waals surface area contributed by atoms with E-state index in [1.807, 2.05) is 18.2 Å². The van der Waals surface area contributed by atoms with Crippen molar-refractivity contribution in [1.29, 1.82) is 0 Å². The first-order valence-electron chi connectivity index (χ1n) is 4.59. The van der Waals surface area contributed by atoms with E-state index in [1.165, 1.54) is 5.56 Å². The molecule has 0 radical (unpaired) electrons.